The number of nitrogens with one attached hydrogen (secondary N) is 1. The third kappa shape index (κ3) is 4.02. The van der Waals surface area contributed by atoms with Gasteiger partial charge in [0.1, 0.15) is 5.54 Å². The van der Waals surface area contributed by atoms with Crippen molar-refractivity contribution in [1.29, 1.82) is 0 Å². The van der Waals surface area contributed by atoms with Crippen molar-refractivity contribution in [2.75, 3.05) is 29.9 Å². The molecule has 1 aliphatic carbocycles. The van der Waals surface area contributed by atoms with Crippen LogP contribution in [0.3, 0.4) is 0 Å². The summed E-state index contributed by atoms with van der Waals surface area (Å²) in [5, 5.41) is 5.13. The summed E-state index contributed by atoms with van der Waals surface area (Å²) in [7, 11) is 0. The first kappa shape index (κ1) is 20.7. The second kappa shape index (κ2) is 8.73. The SMILES string of the molecule is O=C(CN(Cc1cccs1)CC1CCCO1)N1c2ccccc2NC(=O)C12CCCC2. The standard InChI is InChI=1S/C24H29N3O3S/c28-22(17-26(15-18-7-5-13-30-18)16-19-8-6-14-31-19)27-21-10-2-1-9-20(21)25-23(29)24(27)11-3-4-12-24/h1-2,6,8-10,14,18H,3-5,7,11-13,15-17H2,(H,25,29). The average molecular weight is 440 g/mol. The van der Waals surface area contributed by atoms with Crippen molar-refractivity contribution in [3.05, 3.63) is 46.7 Å². The van der Waals surface area contributed by atoms with Crippen LogP contribution in [0, 0.1) is 0 Å². The van der Waals surface area contributed by atoms with Gasteiger partial charge in [-0.05, 0) is 49.3 Å². The highest BCUT2D eigenvalue weighted by Gasteiger charge is 2.52. The van der Waals surface area contributed by atoms with E-state index in [0.717, 1.165) is 69.6 Å². The number of hydrogen-bond donors (Lipinski definition) is 1. The van der Waals surface area contributed by atoms with Crippen molar-refractivity contribution < 1.29 is 14.3 Å². The van der Waals surface area contributed by atoms with Gasteiger partial charge >= 0.3 is 0 Å². The molecule has 7 heteroatoms. The smallest absolute Gasteiger partial charge is 0.250 e. The first-order valence-electron chi connectivity index (χ1n) is 11.3. The fourth-order valence-electron chi connectivity index (χ4n) is 5.27. The van der Waals surface area contributed by atoms with E-state index in [9.17, 15) is 9.59 Å². The highest BCUT2D eigenvalue weighted by Crippen LogP contribution is 2.45. The number of para-hydroxylation sites is 2. The molecule has 3 heterocycles. The molecule has 164 valence electrons. The molecule has 1 spiro atoms. The van der Waals surface area contributed by atoms with Crippen LogP contribution in [0.4, 0.5) is 11.4 Å². The number of thiophene rings is 1. The zero-order valence-electron chi connectivity index (χ0n) is 17.7. The van der Waals surface area contributed by atoms with Crippen molar-refractivity contribution in [2.45, 2.75) is 56.7 Å². The molecule has 31 heavy (non-hydrogen) atoms. The second-order valence-corrected chi connectivity index (χ2v) is 9.86. The first-order valence-corrected chi connectivity index (χ1v) is 12.1. The topological polar surface area (TPSA) is 61.9 Å². The van der Waals surface area contributed by atoms with E-state index < -0.39 is 5.54 Å². The van der Waals surface area contributed by atoms with Crippen LogP contribution in [-0.2, 0) is 20.9 Å². The Morgan fingerprint density at radius 3 is 2.77 bits per heavy atom. The highest BCUT2D eigenvalue weighted by molar-refractivity contribution is 7.09. The Bertz CT molecular complexity index is 933. The molecular weight excluding hydrogens is 410 g/mol. The van der Waals surface area contributed by atoms with E-state index in [-0.39, 0.29) is 24.5 Å². The fourth-order valence-corrected chi connectivity index (χ4v) is 6.02. The Kier molecular flexibility index (Phi) is 5.82. The van der Waals surface area contributed by atoms with Crippen LogP contribution < -0.4 is 10.2 Å². The maximum absolute atomic E-state index is 13.8. The van der Waals surface area contributed by atoms with Crippen LogP contribution in [-0.4, -0.2) is 48.1 Å². The van der Waals surface area contributed by atoms with Crippen LogP contribution in [0.15, 0.2) is 41.8 Å². The number of amides is 2. The Morgan fingerprint density at radius 1 is 1.19 bits per heavy atom. The van der Waals surface area contributed by atoms with E-state index in [2.05, 4.69) is 21.7 Å². The number of fused-ring (bicyclic) bond motifs is 1. The van der Waals surface area contributed by atoms with Crippen LogP contribution in [0.1, 0.15) is 43.4 Å². The van der Waals surface area contributed by atoms with Crippen LogP contribution in [0.5, 0.6) is 0 Å². The quantitative estimate of drug-likeness (QED) is 0.738. The molecule has 3 aliphatic rings. The molecule has 1 aromatic carbocycles. The lowest BCUT2D eigenvalue weighted by Crippen LogP contribution is -2.62. The van der Waals surface area contributed by atoms with Crippen molar-refractivity contribution in [3.63, 3.8) is 0 Å². The molecule has 2 amide bonds. The molecule has 1 aromatic heterocycles. The van der Waals surface area contributed by atoms with Gasteiger partial charge in [-0.2, -0.15) is 0 Å². The molecule has 5 rings (SSSR count). The van der Waals surface area contributed by atoms with Gasteiger partial charge in [-0.3, -0.25) is 19.4 Å². The molecule has 0 bridgehead atoms. The number of nitrogens with zero attached hydrogens (tertiary/aromatic N) is 2. The molecule has 0 radical (unpaired) electrons. The highest BCUT2D eigenvalue weighted by atomic mass is 32.1. The van der Waals surface area contributed by atoms with E-state index in [4.69, 9.17) is 4.74 Å². The number of rotatable bonds is 6. The Morgan fingerprint density at radius 2 is 2.03 bits per heavy atom. The van der Waals surface area contributed by atoms with Gasteiger partial charge in [0.25, 0.3) is 5.91 Å². The molecule has 6 nitrogen and oxygen atoms in total. The maximum Gasteiger partial charge on any atom is 0.250 e. The fraction of sp³-hybridized carbons (Fsp3) is 0.500. The summed E-state index contributed by atoms with van der Waals surface area (Å²) in [4.78, 5) is 32.3. The number of anilines is 2. The molecule has 1 saturated heterocycles. The van der Waals surface area contributed by atoms with Gasteiger partial charge in [-0.1, -0.05) is 31.0 Å². The summed E-state index contributed by atoms with van der Waals surface area (Å²) in [6.07, 6.45) is 5.65. The second-order valence-electron chi connectivity index (χ2n) is 8.82. The maximum atomic E-state index is 13.8. The summed E-state index contributed by atoms with van der Waals surface area (Å²) >= 11 is 1.71. The minimum Gasteiger partial charge on any atom is -0.377 e. The third-order valence-electron chi connectivity index (χ3n) is 6.73. The zero-order chi connectivity index (χ0) is 21.3. The van der Waals surface area contributed by atoms with Gasteiger partial charge in [0.2, 0.25) is 5.91 Å². The van der Waals surface area contributed by atoms with Crippen molar-refractivity contribution in [3.8, 4) is 0 Å². The van der Waals surface area contributed by atoms with Crippen LogP contribution >= 0.6 is 11.3 Å². The van der Waals surface area contributed by atoms with Gasteiger partial charge < -0.3 is 10.1 Å². The normalized spacial score (nSPS) is 22.2. The van der Waals surface area contributed by atoms with Gasteiger partial charge in [0.15, 0.2) is 0 Å². The van der Waals surface area contributed by atoms with Crippen molar-refractivity contribution >= 4 is 34.5 Å². The summed E-state index contributed by atoms with van der Waals surface area (Å²) in [5.41, 5.74) is 0.786. The summed E-state index contributed by atoms with van der Waals surface area (Å²) in [6.45, 7) is 2.53. The minimum atomic E-state index is -0.760. The predicted molar refractivity (Wildman–Crippen MR) is 122 cm³/mol. The lowest BCUT2D eigenvalue weighted by Gasteiger charge is -2.45. The Balaban J connectivity index is 1.43. The molecule has 1 N–H and O–H groups in total. The molecule has 2 fully saturated rings. The lowest BCUT2D eigenvalue weighted by molar-refractivity contribution is -0.128. The molecule has 1 unspecified atom stereocenters. The van der Waals surface area contributed by atoms with Gasteiger partial charge in [-0.25, -0.2) is 0 Å². The van der Waals surface area contributed by atoms with Gasteiger partial charge in [-0.15, -0.1) is 11.3 Å². The number of carbonyl (C=O) groups is 2. The number of carbonyl (C=O) groups excluding carboxylic acids is 2. The number of benzene rings is 1. The minimum absolute atomic E-state index is 0.00115. The van der Waals surface area contributed by atoms with E-state index in [1.165, 1.54) is 4.88 Å². The van der Waals surface area contributed by atoms with Crippen LogP contribution in [0.2, 0.25) is 0 Å². The average Bonchev–Trinajstić information content (AvgIpc) is 3.52. The lowest BCUT2D eigenvalue weighted by atomic mass is 9.89. The Labute approximate surface area is 187 Å². The molecule has 1 atom stereocenters. The zero-order valence-corrected chi connectivity index (χ0v) is 18.5. The molecule has 1 saturated carbocycles. The largest absolute Gasteiger partial charge is 0.377 e. The third-order valence-corrected chi connectivity index (χ3v) is 7.59. The Hall–Kier alpha value is -2.22. The summed E-state index contributed by atoms with van der Waals surface area (Å²) in [5.74, 6) is -0.0419. The van der Waals surface area contributed by atoms with E-state index >= 15 is 0 Å². The summed E-state index contributed by atoms with van der Waals surface area (Å²) in [6, 6.07) is 11.8. The van der Waals surface area contributed by atoms with Gasteiger partial charge in [0, 0.05) is 24.6 Å². The predicted octanol–water partition coefficient (Wildman–Crippen LogP) is 4.03. The molecule has 2 aromatic rings. The number of ether oxygens (including phenoxy) is 1. The molecule has 2 aliphatic heterocycles. The van der Waals surface area contributed by atoms with Crippen LogP contribution in [0.25, 0.3) is 0 Å². The van der Waals surface area contributed by atoms with Gasteiger partial charge in [0.05, 0.1) is 24.0 Å². The monoisotopic (exact) mass is 439 g/mol. The first-order chi connectivity index (χ1) is 15.2. The van der Waals surface area contributed by atoms with E-state index in [1.807, 2.05) is 35.2 Å². The van der Waals surface area contributed by atoms with E-state index in [0.29, 0.717) is 0 Å². The van der Waals surface area contributed by atoms with Crippen molar-refractivity contribution in [1.82, 2.24) is 4.90 Å². The van der Waals surface area contributed by atoms with Crippen molar-refractivity contribution in [2.24, 2.45) is 0 Å². The molecular formula is C24H29N3O3S. The summed E-state index contributed by atoms with van der Waals surface area (Å²) < 4.78 is 5.87. The number of hydrogen-bond acceptors (Lipinski definition) is 5. The van der Waals surface area contributed by atoms with E-state index in [1.54, 1.807) is 11.3 Å².